The van der Waals surface area contributed by atoms with E-state index < -0.39 is 17.5 Å². The van der Waals surface area contributed by atoms with E-state index in [4.69, 9.17) is 0 Å². The van der Waals surface area contributed by atoms with Crippen LogP contribution in [0.3, 0.4) is 0 Å². The van der Waals surface area contributed by atoms with Crippen LogP contribution in [0.25, 0.3) is 0 Å². The van der Waals surface area contributed by atoms with Crippen molar-refractivity contribution >= 4 is 70.7 Å². The molecule has 1 aromatic heterocycles. The summed E-state index contributed by atoms with van der Waals surface area (Å²) >= 11 is 10.7. The van der Waals surface area contributed by atoms with Crippen LogP contribution >= 0.6 is 59.1 Å². The molecule has 0 aliphatic rings. The Morgan fingerprint density at radius 2 is 1.74 bits per heavy atom. The molecule has 0 aliphatic carbocycles. The molecular weight excluding hydrogens is 472 g/mol. The summed E-state index contributed by atoms with van der Waals surface area (Å²) < 4.78 is 28.1. The molecule has 2 rings (SSSR count). The van der Waals surface area contributed by atoms with E-state index in [0.29, 0.717) is 10.9 Å². The average molecular weight is 476 g/mol. The molecule has 1 N–H and O–H groups in total. The number of halogens is 5. The molecule has 1 heterocycles. The minimum Gasteiger partial charge on any atom is -0.319 e. The van der Waals surface area contributed by atoms with Crippen LogP contribution in [0.5, 0.6) is 0 Å². The normalized spacial score (nSPS) is 10.6. The Labute approximate surface area is 136 Å². The van der Waals surface area contributed by atoms with E-state index in [1.54, 1.807) is 6.07 Å². The van der Waals surface area contributed by atoms with Crippen LogP contribution < -0.4 is 5.32 Å². The molecule has 0 fully saturated rings. The number of hydrogen-bond acceptors (Lipinski definition) is 2. The van der Waals surface area contributed by atoms with Crippen molar-refractivity contribution in [3.8, 4) is 0 Å². The summed E-state index contributed by atoms with van der Waals surface area (Å²) in [4.78, 5) is 12.3. The van der Waals surface area contributed by atoms with Gasteiger partial charge in [0.1, 0.15) is 11.6 Å². The standard InChI is InChI=1S/C11H4Br3F2NOS/c12-4-1-8(7(16)3-6(4)15)17-11(18)9-2-5(13)10(14)19-9/h1-3H,(H,17,18). The molecule has 0 radical (unpaired) electrons. The number of rotatable bonds is 2. The largest absolute Gasteiger partial charge is 0.319 e. The van der Waals surface area contributed by atoms with Crippen molar-refractivity contribution in [3.05, 3.63) is 47.4 Å². The third-order valence-corrected chi connectivity index (χ3v) is 5.99. The highest BCUT2D eigenvalue weighted by atomic mass is 79.9. The Morgan fingerprint density at radius 1 is 1.05 bits per heavy atom. The Bertz CT molecular complexity index is 640. The molecule has 8 heteroatoms. The molecule has 100 valence electrons. The van der Waals surface area contributed by atoms with Gasteiger partial charge in [-0.25, -0.2) is 8.78 Å². The monoisotopic (exact) mass is 473 g/mol. The zero-order chi connectivity index (χ0) is 14.2. The summed E-state index contributed by atoms with van der Waals surface area (Å²) in [6.45, 7) is 0. The average Bonchev–Trinajstić information content (AvgIpc) is 2.67. The lowest BCUT2D eigenvalue weighted by Gasteiger charge is -2.06. The molecule has 19 heavy (non-hydrogen) atoms. The van der Waals surface area contributed by atoms with Crippen LogP contribution in [-0.2, 0) is 0 Å². The van der Waals surface area contributed by atoms with Gasteiger partial charge in [0.2, 0.25) is 0 Å². The fraction of sp³-hybridized carbons (Fsp3) is 0. The molecule has 0 saturated heterocycles. The molecule has 2 aromatic rings. The van der Waals surface area contributed by atoms with E-state index in [0.717, 1.165) is 8.26 Å². The van der Waals surface area contributed by atoms with Crippen molar-refractivity contribution in [2.45, 2.75) is 0 Å². The van der Waals surface area contributed by atoms with E-state index in [1.807, 2.05) is 0 Å². The summed E-state index contributed by atoms with van der Waals surface area (Å²) in [6.07, 6.45) is 0. The summed E-state index contributed by atoms with van der Waals surface area (Å²) in [5.74, 6) is -2.02. The van der Waals surface area contributed by atoms with E-state index in [2.05, 4.69) is 53.1 Å². The third kappa shape index (κ3) is 3.42. The molecule has 0 aliphatic heterocycles. The Hall–Kier alpha value is -0.310. The van der Waals surface area contributed by atoms with Crippen LogP contribution in [0.15, 0.2) is 30.9 Å². The first-order valence-electron chi connectivity index (χ1n) is 4.79. The van der Waals surface area contributed by atoms with E-state index in [-0.39, 0.29) is 10.2 Å². The number of carbonyl (C=O) groups is 1. The highest BCUT2D eigenvalue weighted by molar-refractivity contribution is 9.13. The van der Waals surface area contributed by atoms with Gasteiger partial charge in [-0.3, -0.25) is 4.79 Å². The predicted octanol–water partition coefficient (Wildman–Crippen LogP) is 5.57. The molecule has 2 nitrogen and oxygen atoms in total. The van der Waals surface area contributed by atoms with E-state index in [9.17, 15) is 13.6 Å². The smallest absolute Gasteiger partial charge is 0.265 e. The lowest BCUT2D eigenvalue weighted by Crippen LogP contribution is -2.11. The first-order chi connectivity index (χ1) is 8.88. The van der Waals surface area contributed by atoms with Crippen LogP contribution in [0.2, 0.25) is 0 Å². The summed E-state index contributed by atoms with van der Waals surface area (Å²) in [7, 11) is 0. The van der Waals surface area contributed by atoms with Crippen molar-refractivity contribution in [3.63, 3.8) is 0 Å². The van der Waals surface area contributed by atoms with E-state index >= 15 is 0 Å². The number of amides is 1. The van der Waals surface area contributed by atoms with Crippen molar-refractivity contribution in [2.75, 3.05) is 5.32 Å². The molecule has 0 spiro atoms. The van der Waals surface area contributed by atoms with Gasteiger partial charge in [-0.05, 0) is 59.9 Å². The van der Waals surface area contributed by atoms with Crippen LogP contribution in [0.4, 0.5) is 14.5 Å². The summed E-state index contributed by atoms with van der Waals surface area (Å²) in [5, 5.41) is 2.39. The van der Waals surface area contributed by atoms with Crippen LogP contribution in [0, 0.1) is 11.6 Å². The first-order valence-corrected chi connectivity index (χ1v) is 7.98. The van der Waals surface area contributed by atoms with Gasteiger partial charge in [0.15, 0.2) is 0 Å². The number of anilines is 1. The molecule has 0 atom stereocenters. The van der Waals surface area contributed by atoms with Gasteiger partial charge in [0.25, 0.3) is 5.91 Å². The van der Waals surface area contributed by atoms with Crippen molar-refractivity contribution in [1.82, 2.24) is 0 Å². The van der Waals surface area contributed by atoms with Gasteiger partial charge in [-0.15, -0.1) is 11.3 Å². The lowest BCUT2D eigenvalue weighted by molar-refractivity contribution is 0.103. The van der Waals surface area contributed by atoms with E-state index in [1.165, 1.54) is 17.4 Å². The quantitative estimate of drug-likeness (QED) is 0.566. The summed E-state index contributed by atoms with van der Waals surface area (Å²) in [6, 6.07) is 3.50. The molecule has 1 amide bonds. The van der Waals surface area contributed by atoms with Crippen LogP contribution in [0.1, 0.15) is 9.67 Å². The number of benzene rings is 1. The summed E-state index contributed by atoms with van der Waals surface area (Å²) in [5.41, 5.74) is -0.0843. The maximum absolute atomic E-state index is 13.5. The minimum atomic E-state index is -0.830. The zero-order valence-electron chi connectivity index (χ0n) is 8.94. The number of thiophene rings is 1. The first kappa shape index (κ1) is 15.1. The minimum absolute atomic E-state index is 0.0812. The lowest BCUT2D eigenvalue weighted by atomic mass is 10.3. The van der Waals surface area contributed by atoms with Gasteiger partial charge in [0.05, 0.1) is 18.8 Å². The SMILES string of the molecule is O=C(Nc1cc(Br)c(F)cc1F)c1cc(Br)c(Br)s1. The maximum atomic E-state index is 13.5. The van der Waals surface area contributed by atoms with Gasteiger partial charge >= 0.3 is 0 Å². The zero-order valence-corrected chi connectivity index (χ0v) is 14.5. The molecular formula is C11H4Br3F2NOS. The topological polar surface area (TPSA) is 29.1 Å². The Balaban J connectivity index is 2.26. The molecule has 0 bridgehead atoms. The van der Waals surface area contributed by atoms with Gasteiger partial charge in [0, 0.05) is 10.5 Å². The maximum Gasteiger partial charge on any atom is 0.265 e. The molecule has 1 aromatic carbocycles. The van der Waals surface area contributed by atoms with Gasteiger partial charge in [-0.2, -0.15) is 0 Å². The Morgan fingerprint density at radius 3 is 2.32 bits per heavy atom. The Kier molecular flexibility index (Phi) is 4.75. The van der Waals surface area contributed by atoms with Gasteiger partial charge < -0.3 is 5.32 Å². The number of carbonyl (C=O) groups excluding carboxylic acids is 1. The fourth-order valence-electron chi connectivity index (χ4n) is 1.26. The van der Waals surface area contributed by atoms with Gasteiger partial charge in [-0.1, -0.05) is 0 Å². The van der Waals surface area contributed by atoms with Crippen molar-refractivity contribution < 1.29 is 13.6 Å². The van der Waals surface area contributed by atoms with Crippen LogP contribution in [-0.4, -0.2) is 5.91 Å². The molecule has 0 saturated carbocycles. The van der Waals surface area contributed by atoms with Crippen molar-refractivity contribution in [2.24, 2.45) is 0 Å². The highest BCUT2D eigenvalue weighted by Crippen LogP contribution is 2.33. The predicted molar refractivity (Wildman–Crippen MR) is 81.7 cm³/mol. The number of hydrogen-bond donors (Lipinski definition) is 1. The molecule has 0 unspecified atom stereocenters. The second-order valence-electron chi connectivity index (χ2n) is 3.43. The third-order valence-electron chi connectivity index (χ3n) is 2.13. The second kappa shape index (κ2) is 5.99. The fourth-order valence-corrected chi connectivity index (χ4v) is 3.54. The number of nitrogens with one attached hydrogen (secondary N) is 1. The highest BCUT2D eigenvalue weighted by Gasteiger charge is 2.15. The second-order valence-corrected chi connectivity index (χ2v) is 7.51. The van der Waals surface area contributed by atoms with Crippen molar-refractivity contribution in [1.29, 1.82) is 0 Å².